The molecule has 2 aromatic carbocycles. The zero-order valence-electron chi connectivity index (χ0n) is 13.2. The van der Waals surface area contributed by atoms with Crippen LogP contribution in [-0.2, 0) is 6.42 Å². The van der Waals surface area contributed by atoms with Gasteiger partial charge in [-0.1, -0.05) is 55.0 Å². The van der Waals surface area contributed by atoms with Crippen LogP contribution in [0, 0.1) is 13.8 Å². The molecule has 0 saturated carbocycles. The lowest BCUT2D eigenvalue weighted by Gasteiger charge is -2.11. The normalized spacial score (nSPS) is 10.9. The molecule has 3 aromatic rings. The van der Waals surface area contributed by atoms with Crippen molar-refractivity contribution in [1.29, 1.82) is 0 Å². The number of nitrogens with one attached hydrogen (secondary N) is 1. The van der Waals surface area contributed by atoms with Crippen LogP contribution in [0.3, 0.4) is 0 Å². The third-order valence-electron chi connectivity index (χ3n) is 4.03. The third kappa shape index (κ3) is 2.39. The van der Waals surface area contributed by atoms with E-state index < -0.39 is 0 Å². The largest absolute Gasteiger partial charge is 0.272 e. The number of H-pyrrole nitrogens is 1. The highest BCUT2D eigenvalue weighted by molar-refractivity contribution is 5.66. The lowest BCUT2D eigenvalue weighted by molar-refractivity contribution is 0.800. The van der Waals surface area contributed by atoms with Crippen LogP contribution in [0.15, 0.2) is 53.3 Å². The van der Waals surface area contributed by atoms with E-state index in [0.29, 0.717) is 0 Å². The van der Waals surface area contributed by atoms with Gasteiger partial charge in [0.05, 0.1) is 16.9 Å². The van der Waals surface area contributed by atoms with Crippen molar-refractivity contribution in [2.45, 2.75) is 27.2 Å². The Labute approximate surface area is 130 Å². The van der Waals surface area contributed by atoms with E-state index in [2.05, 4.69) is 25.0 Å². The Bertz CT molecular complexity index is 854. The molecule has 0 amide bonds. The Morgan fingerprint density at radius 1 is 1.00 bits per heavy atom. The zero-order valence-corrected chi connectivity index (χ0v) is 13.2. The number of aryl methyl sites for hydroxylation is 2. The van der Waals surface area contributed by atoms with Gasteiger partial charge in [0.1, 0.15) is 0 Å². The van der Waals surface area contributed by atoms with Crippen molar-refractivity contribution in [3.8, 4) is 16.8 Å². The van der Waals surface area contributed by atoms with Crippen molar-refractivity contribution in [3.63, 3.8) is 0 Å². The summed E-state index contributed by atoms with van der Waals surface area (Å²) < 4.78 is 1.92. The molecule has 3 nitrogen and oxygen atoms in total. The van der Waals surface area contributed by atoms with Gasteiger partial charge < -0.3 is 0 Å². The standard InChI is InChI=1S/C19H20N2O/c1-4-16-18(15-11-9-13(2)10-12-15)19(22)20-21(16)17-8-6-5-7-14(17)3/h5-12H,4H2,1-3H3,(H,20,22). The molecule has 0 saturated heterocycles. The minimum Gasteiger partial charge on any atom is -0.267 e. The smallest absolute Gasteiger partial charge is 0.267 e. The molecule has 0 spiro atoms. The minimum atomic E-state index is -0.0380. The Balaban J connectivity index is 2.24. The van der Waals surface area contributed by atoms with Gasteiger partial charge in [0.2, 0.25) is 0 Å². The molecule has 112 valence electrons. The van der Waals surface area contributed by atoms with Gasteiger partial charge in [0.15, 0.2) is 0 Å². The van der Waals surface area contributed by atoms with Crippen LogP contribution in [0.4, 0.5) is 0 Å². The summed E-state index contributed by atoms with van der Waals surface area (Å²) in [6.07, 6.45) is 0.788. The number of benzene rings is 2. The van der Waals surface area contributed by atoms with E-state index in [4.69, 9.17) is 0 Å². The van der Waals surface area contributed by atoms with Crippen LogP contribution in [0.2, 0.25) is 0 Å². The maximum absolute atomic E-state index is 12.5. The summed E-state index contributed by atoms with van der Waals surface area (Å²) in [5.74, 6) is 0. The van der Waals surface area contributed by atoms with E-state index in [1.807, 2.05) is 54.1 Å². The van der Waals surface area contributed by atoms with Crippen molar-refractivity contribution >= 4 is 0 Å². The lowest BCUT2D eigenvalue weighted by Crippen LogP contribution is -2.06. The molecule has 0 atom stereocenters. The molecular formula is C19H20N2O. The Morgan fingerprint density at radius 3 is 2.32 bits per heavy atom. The predicted molar refractivity (Wildman–Crippen MR) is 90.7 cm³/mol. The van der Waals surface area contributed by atoms with E-state index in [0.717, 1.165) is 34.5 Å². The SMILES string of the molecule is CCc1c(-c2ccc(C)cc2)c(=O)[nH]n1-c1ccccc1C. The Hall–Kier alpha value is -2.55. The highest BCUT2D eigenvalue weighted by Gasteiger charge is 2.16. The Morgan fingerprint density at radius 2 is 1.68 bits per heavy atom. The van der Waals surface area contributed by atoms with Crippen molar-refractivity contribution in [2.75, 3.05) is 0 Å². The molecule has 0 unspecified atom stereocenters. The molecule has 22 heavy (non-hydrogen) atoms. The van der Waals surface area contributed by atoms with Gasteiger partial charge >= 0.3 is 0 Å². The first-order valence-corrected chi connectivity index (χ1v) is 7.58. The molecule has 0 bridgehead atoms. The van der Waals surface area contributed by atoms with Gasteiger partial charge in [0, 0.05) is 0 Å². The molecule has 0 radical (unpaired) electrons. The number of para-hydroxylation sites is 1. The highest BCUT2D eigenvalue weighted by Crippen LogP contribution is 2.24. The number of aromatic amines is 1. The van der Waals surface area contributed by atoms with Crippen LogP contribution >= 0.6 is 0 Å². The second-order valence-electron chi connectivity index (χ2n) is 5.60. The molecule has 3 rings (SSSR count). The molecule has 1 heterocycles. The number of nitrogens with zero attached hydrogens (tertiary/aromatic N) is 1. The van der Waals surface area contributed by atoms with Crippen LogP contribution in [0.25, 0.3) is 16.8 Å². The summed E-state index contributed by atoms with van der Waals surface area (Å²) in [7, 11) is 0. The minimum absolute atomic E-state index is 0.0380. The fraction of sp³-hybridized carbons (Fsp3) is 0.211. The predicted octanol–water partition coefficient (Wildman–Crippen LogP) is 4.01. The van der Waals surface area contributed by atoms with Crippen LogP contribution < -0.4 is 5.56 Å². The van der Waals surface area contributed by atoms with Gasteiger partial charge in [-0.25, -0.2) is 0 Å². The summed E-state index contributed by atoms with van der Waals surface area (Å²) in [6.45, 7) is 6.18. The van der Waals surface area contributed by atoms with Gasteiger partial charge in [-0.15, -0.1) is 0 Å². The first kappa shape index (κ1) is 14.4. The maximum Gasteiger partial charge on any atom is 0.272 e. The topological polar surface area (TPSA) is 37.8 Å². The number of aromatic nitrogens is 2. The summed E-state index contributed by atoms with van der Waals surface area (Å²) in [5, 5.41) is 3.00. The van der Waals surface area contributed by atoms with Crippen molar-refractivity contribution in [1.82, 2.24) is 9.78 Å². The van der Waals surface area contributed by atoms with Gasteiger partial charge in [0.25, 0.3) is 5.56 Å². The van der Waals surface area contributed by atoms with E-state index in [-0.39, 0.29) is 5.56 Å². The average molecular weight is 292 g/mol. The summed E-state index contributed by atoms with van der Waals surface area (Å²) >= 11 is 0. The van der Waals surface area contributed by atoms with Crippen molar-refractivity contribution in [3.05, 3.63) is 75.7 Å². The summed E-state index contributed by atoms with van der Waals surface area (Å²) in [4.78, 5) is 12.5. The van der Waals surface area contributed by atoms with Crippen molar-refractivity contribution in [2.24, 2.45) is 0 Å². The maximum atomic E-state index is 12.5. The quantitative estimate of drug-likeness (QED) is 0.778. The molecule has 0 aliphatic carbocycles. The van der Waals surface area contributed by atoms with Crippen LogP contribution in [0.1, 0.15) is 23.7 Å². The molecule has 0 fully saturated rings. The van der Waals surface area contributed by atoms with E-state index >= 15 is 0 Å². The monoisotopic (exact) mass is 292 g/mol. The molecule has 3 heteroatoms. The second kappa shape index (κ2) is 5.68. The fourth-order valence-corrected chi connectivity index (χ4v) is 2.84. The molecular weight excluding hydrogens is 272 g/mol. The number of rotatable bonds is 3. The lowest BCUT2D eigenvalue weighted by atomic mass is 10.0. The van der Waals surface area contributed by atoms with Gasteiger partial charge in [-0.05, 0) is 37.5 Å². The highest BCUT2D eigenvalue weighted by atomic mass is 16.1. The van der Waals surface area contributed by atoms with Gasteiger partial charge in [-0.3, -0.25) is 14.6 Å². The van der Waals surface area contributed by atoms with Crippen molar-refractivity contribution < 1.29 is 0 Å². The summed E-state index contributed by atoms with van der Waals surface area (Å²) in [5.41, 5.74) is 6.07. The fourth-order valence-electron chi connectivity index (χ4n) is 2.84. The van der Waals surface area contributed by atoms with Crippen LogP contribution in [0.5, 0.6) is 0 Å². The molecule has 0 aliphatic rings. The van der Waals surface area contributed by atoms with Gasteiger partial charge in [-0.2, -0.15) is 0 Å². The zero-order chi connectivity index (χ0) is 15.7. The molecule has 1 N–H and O–H groups in total. The van der Waals surface area contributed by atoms with E-state index in [1.54, 1.807) is 0 Å². The Kier molecular flexibility index (Phi) is 3.72. The third-order valence-corrected chi connectivity index (χ3v) is 4.03. The van der Waals surface area contributed by atoms with E-state index in [9.17, 15) is 4.79 Å². The summed E-state index contributed by atoms with van der Waals surface area (Å²) in [6, 6.07) is 16.2. The van der Waals surface area contributed by atoms with Crippen LogP contribution in [-0.4, -0.2) is 9.78 Å². The molecule has 1 aromatic heterocycles. The van der Waals surface area contributed by atoms with E-state index in [1.165, 1.54) is 5.56 Å². The second-order valence-corrected chi connectivity index (χ2v) is 5.60. The number of hydrogen-bond acceptors (Lipinski definition) is 1. The average Bonchev–Trinajstić information content (AvgIpc) is 2.85. The first-order valence-electron chi connectivity index (χ1n) is 7.58. The number of hydrogen-bond donors (Lipinski definition) is 1. The molecule has 0 aliphatic heterocycles. The first-order chi connectivity index (χ1) is 10.6.